The molecule has 0 bridgehead atoms. The van der Waals surface area contributed by atoms with Crippen LogP contribution in [0.15, 0.2) is 22.0 Å². The average molecular weight is 270 g/mol. The third-order valence-electron chi connectivity index (χ3n) is 1.67. The molecule has 0 radical (unpaired) electrons. The summed E-state index contributed by atoms with van der Waals surface area (Å²) < 4.78 is 1.07. The van der Waals surface area contributed by atoms with E-state index in [1.165, 1.54) is 0 Å². The number of aryl methyl sites for hydroxylation is 1. The molecule has 0 spiro atoms. The highest BCUT2D eigenvalue weighted by molar-refractivity contribution is 9.11. The lowest BCUT2D eigenvalue weighted by Crippen LogP contribution is -1.96. The average Bonchev–Trinajstić information content (AvgIpc) is 2.50. The maximum Gasteiger partial charge on any atom is 0.171 e. The first-order chi connectivity index (χ1) is 6.65. The third-order valence-corrected chi connectivity index (χ3v) is 3.29. The molecule has 2 aromatic rings. The Hall–Kier alpha value is -0.940. The van der Waals surface area contributed by atoms with Crippen molar-refractivity contribution in [3.05, 3.63) is 27.7 Å². The van der Waals surface area contributed by atoms with Crippen LogP contribution in [0.3, 0.4) is 0 Å². The number of halogens is 1. The summed E-state index contributed by atoms with van der Waals surface area (Å²) in [4.78, 5) is 9.51. The zero-order valence-corrected chi connectivity index (χ0v) is 9.89. The lowest BCUT2D eigenvalue weighted by Gasteiger charge is -1.99. The molecule has 2 aromatic heterocycles. The van der Waals surface area contributed by atoms with E-state index in [0.717, 1.165) is 14.4 Å². The van der Waals surface area contributed by atoms with Crippen molar-refractivity contribution in [2.45, 2.75) is 6.92 Å². The van der Waals surface area contributed by atoms with E-state index in [4.69, 9.17) is 5.73 Å². The Morgan fingerprint density at radius 2 is 2.14 bits per heavy atom. The van der Waals surface area contributed by atoms with Crippen molar-refractivity contribution in [1.82, 2.24) is 9.97 Å². The molecule has 72 valence electrons. The standard InChI is InChI=1S/C9H8BrN3S/c1-5-4-8(11)13-9(12-5)6-2-3-7(10)14-6/h2-4H,1H3,(H2,11,12,13). The van der Waals surface area contributed by atoms with Crippen molar-refractivity contribution in [3.63, 3.8) is 0 Å². The second-order valence-electron chi connectivity index (χ2n) is 2.86. The molecule has 0 aliphatic heterocycles. The molecule has 0 aliphatic carbocycles. The van der Waals surface area contributed by atoms with E-state index >= 15 is 0 Å². The van der Waals surface area contributed by atoms with Gasteiger partial charge in [-0.2, -0.15) is 0 Å². The molecule has 2 rings (SSSR count). The van der Waals surface area contributed by atoms with Gasteiger partial charge in [0.15, 0.2) is 5.82 Å². The van der Waals surface area contributed by atoms with E-state index in [-0.39, 0.29) is 0 Å². The molecule has 0 amide bonds. The molecule has 0 atom stereocenters. The minimum atomic E-state index is 0.511. The largest absolute Gasteiger partial charge is 0.384 e. The van der Waals surface area contributed by atoms with Gasteiger partial charge < -0.3 is 5.73 Å². The normalized spacial score (nSPS) is 10.4. The molecule has 0 aliphatic rings. The summed E-state index contributed by atoms with van der Waals surface area (Å²) in [7, 11) is 0. The number of hydrogen-bond acceptors (Lipinski definition) is 4. The topological polar surface area (TPSA) is 51.8 Å². The number of aromatic nitrogens is 2. The van der Waals surface area contributed by atoms with Gasteiger partial charge in [-0.25, -0.2) is 9.97 Å². The van der Waals surface area contributed by atoms with Gasteiger partial charge in [0.1, 0.15) is 5.82 Å². The maximum atomic E-state index is 5.65. The van der Waals surface area contributed by atoms with E-state index in [1.807, 2.05) is 19.1 Å². The Labute approximate surface area is 94.1 Å². The van der Waals surface area contributed by atoms with Crippen molar-refractivity contribution in [2.75, 3.05) is 5.73 Å². The molecule has 5 heteroatoms. The lowest BCUT2D eigenvalue weighted by molar-refractivity contribution is 1.13. The summed E-state index contributed by atoms with van der Waals surface area (Å²) >= 11 is 4.99. The fourth-order valence-corrected chi connectivity index (χ4v) is 2.46. The molecular formula is C9H8BrN3S. The van der Waals surface area contributed by atoms with Crippen LogP contribution < -0.4 is 5.73 Å². The first-order valence-electron chi connectivity index (χ1n) is 4.02. The van der Waals surface area contributed by atoms with Crippen molar-refractivity contribution in [3.8, 4) is 10.7 Å². The second-order valence-corrected chi connectivity index (χ2v) is 5.32. The summed E-state index contributed by atoms with van der Waals surface area (Å²) in [5, 5.41) is 0. The van der Waals surface area contributed by atoms with Crippen molar-refractivity contribution in [1.29, 1.82) is 0 Å². The molecule has 3 nitrogen and oxygen atoms in total. The summed E-state index contributed by atoms with van der Waals surface area (Å²) in [6.45, 7) is 1.91. The Kier molecular flexibility index (Phi) is 2.52. The first-order valence-corrected chi connectivity index (χ1v) is 5.63. The molecule has 0 saturated heterocycles. The lowest BCUT2D eigenvalue weighted by atomic mass is 10.4. The van der Waals surface area contributed by atoms with Crippen LogP contribution in [0.25, 0.3) is 10.7 Å². The molecule has 2 heterocycles. The van der Waals surface area contributed by atoms with Crippen LogP contribution in [0.2, 0.25) is 0 Å². The van der Waals surface area contributed by atoms with Crippen LogP contribution in [0.1, 0.15) is 5.69 Å². The van der Waals surface area contributed by atoms with Gasteiger partial charge in [0, 0.05) is 11.8 Å². The van der Waals surface area contributed by atoms with Gasteiger partial charge >= 0.3 is 0 Å². The Morgan fingerprint density at radius 1 is 1.36 bits per heavy atom. The van der Waals surface area contributed by atoms with Crippen LogP contribution in [0, 0.1) is 6.92 Å². The molecule has 0 aromatic carbocycles. The number of nitrogens with two attached hydrogens (primary N) is 1. The van der Waals surface area contributed by atoms with Crippen LogP contribution in [0.5, 0.6) is 0 Å². The summed E-state index contributed by atoms with van der Waals surface area (Å²) in [5.74, 6) is 1.20. The number of hydrogen-bond donors (Lipinski definition) is 1. The van der Waals surface area contributed by atoms with Gasteiger partial charge in [-0.3, -0.25) is 0 Å². The third kappa shape index (κ3) is 1.93. The Balaban J connectivity index is 2.51. The van der Waals surface area contributed by atoms with Crippen LogP contribution in [0.4, 0.5) is 5.82 Å². The van der Waals surface area contributed by atoms with E-state index in [0.29, 0.717) is 11.6 Å². The molecule has 14 heavy (non-hydrogen) atoms. The van der Waals surface area contributed by atoms with Crippen molar-refractivity contribution >= 4 is 33.1 Å². The van der Waals surface area contributed by atoms with Gasteiger partial charge in [0.2, 0.25) is 0 Å². The predicted octanol–water partition coefficient (Wildman–Crippen LogP) is 2.86. The molecule has 0 fully saturated rings. The Bertz CT molecular complexity index is 447. The smallest absolute Gasteiger partial charge is 0.171 e. The SMILES string of the molecule is Cc1cc(N)nc(-c2ccc(Br)s2)n1. The predicted molar refractivity (Wildman–Crippen MR) is 62.2 cm³/mol. The van der Waals surface area contributed by atoms with E-state index < -0.39 is 0 Å². The molecule has 0 unspecified atom stereocenters. The van der Waals surface area contributed by atoms with Crippen LogP contribution in [-0.2, 0) is 0 Å². The van der Waals surface area contributed by atoms with Crippen molar-refractivity contribution < 1.29 is 0 Å². The highest BCUT2D eigenvalue weighted by Crippen LogP contribution is 2.29. The zero-order valence-electron chi connectivity index (χ0n) is 7.49. The second kappa shape index (κ2) is 3.67. The molecular weight excluding hydrogens is 262 g/mol. The van der Waals surface area contributed by atoms with Gasteiger partial charge in [-0.05, 0) is 35.0 Å². The Morgan fingerprint density at radius 3 is 2.71 bits per heavy atom. The fourth-order valence-electron chi connectivity index (χ4n) is 1.14. The highest BCUT2D eigenvalue weighted by Gasteiger charge is 2.05. The minimum Gasteiger partial charge on any atom is -0.384 e. The molecule has 2 N–H and O–H groups in total. The van der Waals surface area contributed by atoms with Crippen molar-refractivity contribution in [2.24, 2.45) is 0 Å². The van der Waals surface area contributed by atoms with E-state index in [2.05, 4.69) is 25.9 Å². The van der Waals surface area contributed by atoms with Gasteiger partial charge in [-0.1, -0.05) is 0 Å². The van der Waals surface area contributed by atoms with E-state index in [1.54, 1.807) is 17.4 Å². The number of rotatable bonds is 1. The fraction of sp³-hybridized carbons (Fsp3) is 0.111. The minimum absolute atomic E-state index is 0.511. The number of nitrogens with zero attached hydrogens (tertiary/aromatic N) is 2. The summed E-state index contributed by atoms with van der Waals surface area (Å²) in [5.41, 5.74) is 6.53. The first kappa shape index (κ1) is 9.61. The van der Waals surface area contributed by atoms with Gasteiger partial charge in [-0.15, -0.1) is 11.3 Å². The maximum absolute atomic E-state index is 5.65. The number of nitrogen functional groups attached to an aromatic ring is 1. The number of anilines is 1. The quantitative estimate of drug-likeness (QED) is 0.866. The molecule has 0 saturated carbocycles. The monoisotopic (exact) mass is 269 g/mol. The number of thiophene rings is 1. The summed E-state index contributed by atoms with van der Waals surface area (Å²) in [6, 6.07) is 5.71. The van der Waals surface area contributed by atoms with E-state index in [9.17, 15) is 0 Å². The van der Waals surface area contributed by atoms with Crippen LogP contribution >= 0.6 is 27.3 Å². The zero-order chi connectivity index (χ0) is 10.1. The van der Waals surface area contributed by atoms with Gasteiger partial charge in [0.05, 0.1) is 8.66 Å². The highest BCUT2D eigenvalue weighted by atomic mass is 79.9. The van der Waals surface area contributed by atoms with Crippen LogP contribution in [-0.4, -0.2) is 9.97 Å². The van der Waals surface area contributed by atoms with Gasteiger partial charge in [0.25, 0.3) is 0 Å². The summed E-state index contributed by atoms with van der Waals surface area (Å²) in [6.07, 6.45) is 0.